The summed E-state index contributed by atoms with van der Waals surface area (Å²) in [7, 11) is 0. The van der Waals surface area contributed by atoms with Gasteiger partial charge in [-0.1, -0.05) is 158 Å². The van der Waals surface area contributed by atoms with Crippen LogP contribution in [0.1, 0.15) is 0 Å². The predicted molar refractivity (Wildman–Crippen MR) is 219 cm³/mol. The fraction of sp³-hybridized carbons (Fsp3) is 0. The molecule has 0 amide bonds. The molecule has 11 rings (SSSR count). The molecule has 0 N–H and O–H groups in total. The average molecular weight is 676 g/mol. The van der Waals surface area contributed by atoms with Gasteiger partial charge in [-0.25, -0.2) is 15.0 Å². The minimum atomic E-state index is 0.634. The maximum Gasteiger partial charge on any atom is 0.164 e. The molecule has 0 atom stereocenters. The number of fused-ring (bicyclic) bond motifs is 9. The van der Waals surface area contributed by atoms with Crippen LogP contribution in [0.15, 0.2) is 180 Å². The van der Waals surface area contributed by atoms with Crippen LogP contribution >= 0.6 is 0 Å². The van der Waals surface area contributed by atoms with Crippen molar-refractivity contribution in [2.45, 2.75) is 0 Å². The van der Waals surface area contributed by atoms with E-state index in [0.717, 1.165) is 71.3 Å². The highest BCUT2D eigenvalue weighted by Crippen LogP contribution is 2.43. The zero-order valence-electron chi connectivity index (χ0n) is 28.5. The molecule has 0 aliphatic rings. The Kier molecular flexibility index (Phi) is 6.52. The molecule has 53 heavy (non-hydrogen) atoms. The number of nitrogens with zero attached hydrogens (tertiary/aromatic N) is 3. The van der Waals surface area contributed by atoms with Crippen molar-refractivity contribution in [2.24, 2.45) is 0 Å². The first kappa shape index (κ1) is 29.5. The Hall–Kier alpha value is -7.17. The Balaban J connectivity index is 1.13. The summed E-state index contributed by atoms with van der Waals surface area (Å²) in [6.07, 6.45) is 0. The number of rotatable bonds is 4. The second-order valence-corrected chi connectivity index (χ2v) is 13.5. The van der Waals surface area contributed by atoms with Gasteiger partial charge >= 0.3 is 0 Å². The normalized spacial score (nSPS) is 11.8. The van der Waals surface area contributed by atoms with Gasteiger partial charge in [-0.3, -0.25) is 0 Å². The van der Waals surface area contributed by atoms with Gasteiger partial charge in [0, 0.05) is 32.8 Å². The number of hydrogen-bond donors (Lipinski definition) is 0. The molecule has 246 valence electrons. The van der Waals surface area contributed by atoms with E-state index in [2.05, 4.69) is 146 Å². The number of hydrogen-bond acceptors (Lipinski definition) is 4. The molecule has 4 heteroatoms. The van der Waals surface area contributed by atoms with E-state index in [0.29, 0.717) is 17.5 Å². The Morgan fingerprint density at radius 1 is 0.321 bits per heavy atom. The first-order chi connectivity index (χ1) is 26.3. The molecule has 9 aromatic carbocycles. The lowest BCUT2D eigenvalue weighted by Crippen LogP contribution is -2.00. The second kappa shape index (κ2) is 11.7. The van der Waals surface area contributed by atoms with Gasteiger partial charge in [-0.2, -0.15) is 0 Å². The van der Waals surface area contributed by atoms with Gasteiger partial charge in [-0.15, -0.1) is 0 Å². The summed E-state index contributed by atoms with van der Waals surface area (Å²) in [6, 6.07) is 61.5. The van der Waals surface area contributed by atoms with E-state index in [1.54, 1.807) is 0 Å². The maximum absolute atomic E-state index is 6.75. The monoisotopic (exact) mass is 675 g/mol. The highest BCUT2D eigenvalue weighted by Gasteiger charge is 2.19. The van der Waals surface area contributed by atoms with Crippen LogP contribution in [-0.4, -0.2) is 15.0 Å². The molecule has 0 fully saturated rings. The molecule has 0 saturated carbocycles. The summed E-state index contributed by atoms with van der Waals surface area (Å²) in [6.45, 7) is 0. The van der Waals surface area contributed by atoms with Gasteiger partial charge in [0.05, 0.1) is 0 Å². The topological polar surface area (TPSA) is 51.8 Å². The van der Waals surface area contributed by atoms with Crippen molar-refractivity contribution in [3.05, 3.63) is 176 Å². The van der Waals surface area contributed by atoms with Crippen LogP contribution in [-0.2, 0) is 0 Å². The quantitative estimate of drug-likeness (QED) is 0.174. The van der Waals surface area contributed by atoms with Crippen LogP contribution in [0.4, 0.5) is 0 Å². The Morgan fingerprint density at radius 2 is 0.925 bits per heavy atom. The third kappa shape index (κ3) is 4.73. The first-order valence-corrected chi connectivity index (χ1v) is 17.9. The molecular weight excluding hydrogens is 647 g/mol. The van der Waals surface area contributed by atoms with E-state index in [-0.39, 0.29) is 0 Å². The highest BCUT2D eigenvalue weighted by atomic mass is 16.3. The van der Waals surface area contributed by atoms with Crippen molar-refractivity contribution in [3.8, 4) is 45.3 Å². The molecule has 0 aliphatic heterocycles. The van der Waals surface area contributed by atoms with Gasteiger partial charge < -0.3 is 4.42 Å². The highest BCUT2D eigenvalue weighted by molar-refractivity contribution is 6.25. The summed E-state index contributed by atoms with van der Waals surface area (Å²) in [5.41, 5.74) is 6.89. The van der Waals surface area contributed by atoms with E-state index in [9.17, 15) is 0 Å². The Morgan fingerprint density at radius 3 is 1.79 bits per heavy atom. The molecule has 11 aromatic rings. The molecule has 2 heterocycles. The molecule has 0 bridgehead atoms. The summed E-state index contributed by atoms with van der Waals surface area (Å²) in [5, 5.41) is 11.4. The van der Waals surface area contributed by atoms with E-state index in [4.69, 9.17) is 19.4 Å². The zero-order valence-corrected chi connectivity index (χ0v) is 28.5. The van der Waals surface area contributed by atoms with Crippen LogP contribution in [0.25, 0.3) is 110 Å². The van der Waals surface area contributed by atoms with Crippen molar-refractivity contribution < 1.29 is 4.42 Å². The largest absolute Gasteiger partial charge is 0.455 e. The first-order valence-electron chi connectivity index (χ1n) is 17.9. The standard InChI is InChI=1S/C49H29N3O/c1-2-13-33(14-3-1)47-50-48(35-26-23-30-11-4-5-15-34(30)29-35)52-49(51-47)41-21-9-17-37-38(18-8-19-39(37)41)40-20-10-22-43-45(40)42-28-27-32-25-24-31-12-6-7-16-36(31)44(32)46(42)53-43/h1-29H. The van der Waals surface area contributed by atoms with Gasteiger partial charge in [0.2, 0.25) is 0 Å². The van der Waals surface area contributed by atoms with Gasteiger partial charge in [0.1, 0.15) is 11.2 Å². The smallest absolute Gasteiger partial charge is 0.164 e. The molecule has 4 nitrogen and oxygen atoms in total. The molecular formula is C49H29N3O. The minimum Gasteiger partial charge on any atom is -0.455 e. The lowest BCUT2D eigenvalue weighted by molar-refractivity contribution is 0.673. The molecule has 0 aliphatic carbocycles. The number of benzene rings is 9. The number of furan rings is 1. The SMILES string of the molecule is c1ccc(-c2nc(-c3ccc4ccccc4c3)nc(-c3cccc4c(-c5cccc6oc7c(ccc8ccc9ccccc9c87)c56)cccc34)n2)cc1. The van der Waals surface area contributed by atoms with E-state index < -0.39 is 0 Å². The lowest BCUT2D eigenvalue weighted by Gasteiger charge is -2.13. The molecule has 0 unspecified atom stereocenters. The summed E-state index contributed by atoms with van der Waals surface area (Å²) >= 11 is 0. The summed E-state index contributed by atoms with van der Waals surface area (Å²) in [4.78, 5) is 15.3. The van der Waals surface area contributed by atoms with Crippen LogP contribution in [0.5, 0.6) is 0 Å². The van der Waals surface area contributed by atoms with Crippen LogP contribution < -0.4 is 0 Å². The van der Waals surface area contributed by atoms with E-state index in [1.165, 1.54) is 21.5 Å². The zero-order chi connectivity index (χ0) is 34.9. The van der Waals surface area contributed by atoms with Crippen molar-refractivity contribution in [3.63, 3.8) is 0 Å². The number of aromatic nitrogens is 3. The molecule has 0 radical (unpaired) electrons. The van der Waals surface area contributed by atoms with Crippen LogP contribution in [0.3, 0.4) is 0 Å². The van der Waals surface area contributed by atoms with Crippen LogP contribution in [0, 0.1) is 0 Å². The average Bonchev–Trinajstić information content (AvgIpc) is 3.62. The molecule has 0 spiro atoms. The fourth-order valence-corrected chi connectivity index (χ4v) is 8.01. The van der Waals surface area contributed by atoms with Gasteiger partial charge in [0.15, 0.2) is 17.5 Å². The predicted octanol–water partition coefficient (Wildman–Crippen LogP) is 13.1. The third-order valence-electron chi connectivity index (χ3n) is 10.5. The summed E-state index contributed by atoms with van der Waals surface area (Å²) in [5.74, 6) is 1.92. The van der Waals surface area contributed by atoms with E-state index in [1.807, 2.05) is 30.3 Å². The van der Waals surface area contributed by atoms with Gasteiger partial charge in [0.25, 0.3) is 0 Å². The second-order valence-electron chi connectivity index (χ2n) is 13.5. The molecule has 2 aromatic heterocycles. The maximum atomic E-state index is 6.75. The van der Waals surface area contributed by atoms with Gasteiger partial charge in [-0.05, 0) is 67.0 Å². The van der Waals surface area contributed by atoms with Crippen molar-refractivity contribution >= 4 is 65.0 Å². The lowest BCUT2D eigenvalue weighted by atomic mass is 9.92. The molecule has 0 saturated heterocycles. The summed E-state index contributed by atoms with van der Waals surface area (Å²) < 4.78 is 6.75. The third-order valence-corrected chi connectivity index (χ3v) is 10.5. The van der Waals surface area contributed by atoms with E-state index >= 15 is 0 Å². The van der Waals surface area contributed by atoms with Crippen molar-refractivity contribution in [1.82, 2.24) is 15.0 Å². The Labute approximate surface area is 304 Å². The fourth-order valence-electron chi connectivity index (χ4n) is 8.01. The van der Waals surface area contributed by atoms with Crippen molar-refractivity contribution in [2.75, 3.05) is 0 Å². The van der Waals surface area contributed by atoms with Crippen molar-refractivity contribution in [1.29, 1.82) is 0 Å². The van der Waals surface area contributed by atoms with Crippen LogP contribution in [0.2, 0.25) is 0 Å². The minimum absolute atomic E-state index is 0.634. The Bertz CT molecular complexity index is 3240.